The van der Waals surface area contributed by atoms with E-state index < -0.39 is 0 Å². The smallest absolute Gasteiger partial charge is 0.154 e. The molecule has 0 unspecified atom stereocenters. The summed E-state index contributed by atoms with van der Waals surface area (Å²) in [6, 6.07) is 7.14. The summed E-state index contributed by atoms with van der Waals surface area (Å²) in [5, 5.41) is 13.5. The summed E-state index contributed by atoms with van der Waals surface area (Å²) in [7, 11) is 0. The molecule has 0 amide bonds. The second kappa shape index (κ2) is 3.71. The first kappa shape index (κ1) is 9.69. The van der Waals surface area contributed by atoms with Crippen LogP contribution in [0, 0.1) is 18.3 Å². The largest absolute Gasteiger partial charge is 0.221 e. The predicted molar refractivity (Wildman–Crippen MR) is 55.8 cm³/mol. The van der Waals surface area contributed by atoms with Gasteiger partial charge in [-0.05, 0) is 19.1 Å². The molecule has 0 aromatic carbocycles. The van der Waals surface area contributed by atoms with Crippen molar-refractivity contribution in [2.75, 3.05) is 0 Å². The number of halogens is 1. The van der Waals surface area contributed by atoms with Crippen molar-refractivity contribution in [1.29, 1.82) is 5.26 Å². The Morgan fingerprint density at radius 3 is 2.87 bits per heavy atom. The Balaban J connectivity index is 2.50. The third-order valence-electron chi connectivity index (χ3n) is 1.92. The molecule has 2 heterocycles. The van der Waals surface area contributed by atoms with Gasteiger partial charge in [0.05, 0.1) is 16.9 Å². The lowest BCUT2D eigenvalue weighted by Gasteiger charge is -1.98. The molecular formula is C10H7ClN4. The molecule has 0 aliphatic heterocycles. The van der Waals surface area contributed by atoms with Crippen molar-refractivity contribution in [2.45, 2.75) is 6.92 Å². The maximum Gasteiger partial charge on any atom is 0.154 e. The molecule has 5 heteroatoms. The first-order chi connectivity index (χ1) is 7.20. The average molecular weight is 219 g/mol. The summed E-state index contributed by atoms with van der Waals surface area (Å²) in [5.74, 6) is 0.587. The van der Waals surface area contributed by atoms with Crippen molar-refractivity contribution >= 4 is 11.6 Å². The van der Waals surface area contributed by atoms with Crippen LogP contribution < -0.4 is 0 Å². The summed E-state index contributed by atoms with van der Waals surface area (Å²) >= 11 is 5.88. The summed E-state index contributed by atoms with van der Waals surface area (Å²) in [4.78, 5) is 4.10. The first-order valence-electron chi connectivity index (χ1n) is 4.30. The highest BCUT2D eigenvalue weighted by Gasteiger charge is 2.05. The highest BCUT2D eigenvalue weighted by Crippen LogP contribution is 2.15. The van der Waals surface area contributed by atoms with Crippen LogP contribution in [0.4, 0.5) is 0 Å². The van der Waals surface area contributed by atoms with Crippen molar-refractivity contribution in [1.82, 2.24) is 14.8 Å². The Hall–Kier alpha value is -1.86. The molecule has 15 heavy (non-hydrogen) atoms. The van der Waals surface area contributed by atoms with E-state index in [0.29, 0.717) is 16.5 Å². The Kier molecular flexibility index (Phi) is 2.40. The topological polar surface area (TPSA) is 54.5 Å². The molecule has 0 saturated carbocycles. The van der Waals surface area contributed by atoms with Crippen LogP contribution >= 0.6 is 11.6 Å². The number of nitriles is 1. The molecule has 0 bridgehead atoms. The molecule has 0 spiro atoms. The number of rotatable bonds is 1. The third kappa shape index (κ3) is 1.83. The second-order valence-corrected chi connectivity index (χ2v) is 3.41. The zero-order chi connectivity index (χ0) is 10.8. The Bertz CT molecular complexity index is 519. The number of aryl methyl sites for hydroxylation is 1. The SMILES string of the molecule is Cc1nn(-c2cccc(C#N)n2)cc1Cl. The Labute approximate surface area is 91.7 Å². The Morgan fingerprint density at radius 2 is 2.27 bits per heavy atom. The molecule has 0 fully saturated rings. The monoisotopic (exact) mass is 218 g/mol. The first-order valence-corrected chi connectivity index (χ1v) is 4.68. The quantitative estimate of drug-likeness (QED) is 0.737. The van der Waals surface area contributed by atoms with Gasteiger partial charge in [-0.2, -0.15) is 10.4 Å². The molecule has 2 rings (SSSR count). The van der Waals surface area contributed by atoms with E-state index in [0.717, 1.165) is 5.69 Å². The summed E-state index contributed by atoms with van der Waals surface area (Å²) in [5.41, 5.74) is 1.10. The fourth-order valence-electron chi connectivity index (χ4n) is 1.17. The summed E-state index contributed by atoms with van der Waals surface area (Å²) in [6.07, 6.45) is 1.67. The molecular weight excluding hydrogens is 212 g/mol. The van der Waals surface area contributed by atoms with Crippen LogP contribution in [0.25, 0.3) is 5.82 Å². The Morgan fingerprint density at radius 1 is 1.47 bits per heavy atom. The number of nitrogens with zero attached hydrogens (tertiary/aromatic N) is 4. The molecule has 2 aromatic rings. The number of hydrogen-bond donors (Lipinski definition) is 0. The predicted octanol–water partition coefficient (Wildman–Crippen LogP) is 2.10. The van der Waals surface area contributed by atoms with Crippen molar-refractivity contribution < 1.29 is 0 Å². The van der Waals surface area contributed by atoms with Gasteiger partial charge in [0.25, 0.3) is 0 Å². The van der Waals surface area contributed by atoms with Gasteiger partial charge in [0.1, 0.15) is 11.8 Å². The molecule has 0 atom stereocenters. The normalized spacial score (nSPS) is 9.93. The molecule has 0 aliphatic rings. The van der Waals surface area contributed by atoms with E-state index in [9.17, 15) is 0 Å². The van der Waals surface area contributed by atoms with Crippen molar-refractivity contribution in [3.8, 4) is 11.9 Å². The zero-order valence-corrected chi connectivity index (χ0v) is 8.73. The molecule has 0 aliphatic carbocycles. The molecule has 2 aromatic heterocycles. The number of hydrogen-bond acceptors (Lipinski definition) is 3. The fraction of sp³-hybridized carbons (Fsp3) is 0.100. The van der Waals surface area contributed by atoms with E-state index in [-0.39, 0.29) is 0 Å². The lowest BCUT2D eigenvalue weighted by Crippen LogP contribution is -1.99. The van der Waals surface area contributed by atoms with Crippen molar-refractivity contribution in [3.05, 3.63) is 40.8 Å². The van der Waals surface area contributed by atoms with Crippen molar-refractivity contribution in [2.24, 2.45) is 0 Å². The minimum Gasteiger partial charge on any atom is -0.221 e. The zero-order valence-electron chi connectivity index (χ0n) is 7.98. The van der Waals surface area contributed by atoms with Gasteiger partial charge in [-0.15, -0.1) is 0 Å². The van der Waals surface area contributed by atoms with Crippen LogP contribution in [0.5, 0.6) is 0 Å². The van der Waals surface area contributed by atoms with Gasteiger partial charge in [-0.1, -0.05) is 17.7 Å². The number of aromatic nitrogens is 3. The lowest BCUT2D eigenvalue weighted by atomic mass is 10.4. The van der Waals surface area contributed by atoms with Crippen LogP contribution in [-0.2, 0) is 0 Å². The molecule has 0 radical (unpaired) electrons. The van der Waals surface area contributed by atoms with Gasteiger partial charge in [-0.3, -0.25) is 0 Å². The van der Waals surface area contributed by atoms with Crippen LogP contribution in [-0.4, -0.2) is 14.8 Å². The van der Waals surface area contributed by atoms with Crippen molar-refractivity contribution in [3.63, 3.8) is 0 Å². The van der Waals surface area contributed by atoms with Gasteiger partial charge >= 0.3 is 0 Å². The standard InChI is InChI=1S/C10H7ClN4/c1-7-9(11)6-15(14-7)10-4-2-3-8(5-12)13-10/h2-4,6H,1H3. The van der Waals surface area contributed by atoms with E-state index in [1.807, 2.05) is 13.0 Å². The molecule has 0 saturated heterocycles. The van der Waals surface area contributed by atoms with E-state index in [1.54, 1.807) is 29.1 Å². The molecule has 74 valence electrons. The molecule has 4 nitrogen and oxygen atoms in total. The highest BCUT2D eigenvalue weighted by molar-refractivity contribution is 6.31. The maximum atomic E-state index is 8.70. The maximum absolute atomic E-state index is 8.70. The number of pyridine rings is 1. The van der Waals surface area contributed by atoms with Gasteiger partial charge in [-0.25, -0.2) is 9.67 Å². The van der Waals surface area contributed by atoms with Gasteiger partial charge in [0.15, 0.2) is 5.82 Å². The minimum atomic E-state index is 0.358. The van der Waals surface area contributed by atoms with Gasteiger partial charge < -0.3 is 0 Å². The minimum absolute atomic E-state index is 0.358. The van der Waals surface area contributed by atoms with E-state index in [1.165, 1.54) is 0 Å². The summed E-state index contributed by atoms with van der Waals surface area (Å²) < 4.78 is 1.55. The highest BCUT2D eigenvalue weighted by atomic mass is 35.5. The van der Waals surface area contributed by atoms with Crippen LogP contribution in [0.15, 0.2) is 24.4 Å². The van der Waals surface area contributed by atoms with Crippen LogP contribution in [0.3, 0.4) is 0 Å². The van der Waals surface area contributed by atoms with Gasteiger partial charge in [0.2, 0.25) is 0 Å². The lowest BCUT2D eigenvalue weighted by molar-refractivity contribution is 0.830. The third-order valence-corrected chi connectivity index (χ3v) is 2.29. The van der Waals surface area contributed by atoms with E-state index >= 15 is 0 Å². The van der Waals surface area contributed by atoms with Crippen LogP contribution in [0.1, 0.15) is 11.4 Å². The van der Waals surface area contributed by atoms with Gasteiger partial charge in [0, 0.05) is 0 Å². The molecule has 0 N–H and O–H groups in total. The van der Waals surface area contributed by atoms with Crippen LogP contribution in [0.2, 0.25) is 5.02 Å². The van der Waals surface area contributed by atoms with E-state index in [4.69, 9.17) is 16.9 Å². The fourth-order valence-corrected chi connectivity index (χ4v) is 1.30. The average Bonchev–Trinajstić information content (AvgIpc) is 2.59. The second-order valence-electron chi connectivity index (χ2n) is 3.00. The van der Waals surface area contributed by atoms with E-state index in [2.05, 4.69) is 10.1 Å². The summed E-state index contributed by atoms with van der Waals surface area (Å²) in [6.45, 7) is 1.81.